The number of hydrogen-bond acceptors (Lipinski definition) is 1. The number of hydrogen-bond donors (Lipinski definition) is 1. The van der Waals surface area contributed by atoms with Crippen LogP contribution < -0.4 is 5.73 Å². The highest BCUT2D eigenvalue weighted by Crippen LogP contribution is 2.23. The van der Waals surface area contributed by atoms with Crippen LogP contribution in [-0.2, 0) is 0 Å². The van der Waals surface area contributed by atoms with Gasteiger partial charge in [-0.05, 0) is 30.0 Å². The SMILES string of the molecule is CCC(C)[C@H](N)c1ccc(C)c(F)c1. The van der Waals surface area contributed by atoms with E-state index in [0.29, 0.717) is 11.5 Å². The fourth-order valence-electron chi connectivity index (χ4n) is 1.40. The smallest absolute Gasteiger partial charge is 0.126 e. The van der Waals surface area contributed by atoms with E-state index >= 15 is 0 Å². The molecule has 0 aliphatic heterocycles. The zero-order valence-electron chi connectivity index (χ0n) is 9.05. The lowest BCUT2D eigenvalue weighted by Crippen LogP contribution is -2.18. The van der Waals surface area contributed by atoms with E-state index < -0.39 is 0 Å². The van der Waals surface area contributed by atoms with Crippen molar-refractivity contribution >= 4 is 0 Å². The monoisotopic (exact) mass is 195 g/mol. The average molecular weight is 195 g/mol. The van der Waals surface area contributed by atoms with Crippen LogP contribution in [0.25, 0.3) is 0 Å². The molecule has 0 spiro atoms. The number of rotatable bonds is 3. The standard InChI is InChI=1S/C12H18FN/c1-4-8(2)12(14)10-6-5-9(3)11(13)7-10/h5-8,12H,4,14H2,1-3H3/t8?,12-/m0/s1. The van der Waals surface area contributed by atoms with E-state index in [1.807, 2.05) is 6.07 Å². The summed E-state index contributed by atoms with van der Waals surface area (Å²) in [7, 11) is 0. The summed E-state index contributed by atoms with van der Waals surface area (Å²) in [6.07, 6.45) is 1.01. The van der Waals surface area contributed by atoms with E-state index in [2.05, 4.69) is 13.8 Å². The minimum Gasteiger partial charge on any atom is -0.324 e. The summed E-state index contributed by atoms with van der Waals surface area (Å²) in [6.45, 7) is 5.94. The summed E-state index contributed by atoms with van der Waals surface area (Å²) in [5, 5.41) is 0. The van der Waals surface area contributed by atoms with Crippen molar-refractivity contribution in [2.45, 2.75) is 33.2 Å². The molecule has 1 rings (SSSR count). The molecular formula is C12H18FN. The van der Waals surface area contributed by atoms with E-state index in [1.165, 1.54) is 0 Å². The first-order valence-electron chi connectivity index (χ1n) is 5.08. The Hall–Kier alpha value is -0.890. The van der Waals surface area contributed by atoms with E-state index in [1.54, 1.807) is 19.1 Å². The van der Waals surface area contributed by atoms with Crippen LogP contribution in [0, 0.1) is 18.7 Å². The molecule has 0 saturated carbocycles. The third-order valence-electron chi connectivity index (χ3n) is 2.84. The molecule has 0 amide bonds. The van der Waals surface area contributed by atoms with Gasteiger partial charge in [0.05, 0.1) is 0 Å². The molecule has 2 atom stereocenters. The normalized spacial score (nSPS) is 15.2. The molecule has 2 heteroatoms. The Balaban J connectivity index is 2.91. The summed E-state index contributed by atoms with van der Waals surface area (Å²) >= 11 is 0. The summed E-state index contributed by atoms with van der Waals surface area (Å²) in [4.78, 5) is 0. The van der Waals surface area contributed by atoms with Crippen LogP contribution in [0.2, 0.25) is 0 Å². The molecule has 0 aromatic heterocycles. The van der Waals surface area contributed by atoms with Crippen molar-refractivity contribution in [3.8, 4) is 0 Å². The van der Waals surface area contributed by atoms with Crippen LogP contribution in [-0.4, -0.2) is 0 Å². The summed E-state index contributed by atoms with van der Waals surface area (Å²) in [5.74, 6) is 0.221. The van der Waals surface area contributed by atoms with Crippen LogP contribution in [0.4, 0.5) is 4.39 Å². The predicted molar refractivity (Wildman–Crippen MR) is 57.5 cm³/mol. The topological polar surface area (TPSA) is 26.0 Å². The van der Waals surface area contributed by atoms with Gasteiger partial charge >= 0.3 is 0 Å². The van der Waals surface area contributed by atoms with Crippen molar-refractivity contribution in [2.24, 2.45) is 11.7 Å². The molecular weight excluding hydrogens is 177 g/mol. The van der Waals surface area contributed by atoms with Crippen molar-refractivity contribution < 1.29 is 4.39 Å². The highest BCUT2D eigenvalue weighted by atomic mass is 19.1. The minimum absolute atomic E-state index is 0.0601. The third-order valence-corrected chi connectivity index (χ3v) is 2.84. The first kappa shape index (κ1) is 11.2. The molecule has 78 valence electrons. The predicted octanol–water partition coefficient (Wildman–Crippen LogP) is 3.18. The van der Waals surface area contributed by atoms with E-state index in [9.17, 15) is 4.39 Å². The van der Waals surface area contributed by atoms with Gasteiger partial charge in [-0.3, -0.25) is 0 Å². The van der Waals surface area contributed by atoms with Gasteiger partial charge in [0.2, 0.25) is 0 Å². The lowest BCUT2D eigenvalue weighted by molar-refractivity contribution is 0.454. The molecule has 0 heterocycles. The van der Waals surface area contributed by atoms with Crippen LogP contribution >= 0.6 is 0 Å². The molecule has 1 aromatic rings. The van der Waals surface area contributed by atoms with E-state index in [0.717, 1.165) is 12.0 Å². The van der Waals surface area contributed by atoms with Crippen LogP contribution in [0.5, 0.6) is 0 Å². The Morgan fingerprint density at radius 2 is 2.07 bits per heavy atom. The second-order valence-electron chi connectivity index (χ2n) is 3.92. The molecule has 0 bridgehead atoms. The van der Waals surface area contributed by atoms with Crippen molar-refractivity contribution in [1.82, 2.24) is 0 Å². The summed E-state index contributed by atoms with van der Waals surface area (Å²) in [6, 6.07) is 5.18. The van der Waals surface area contributed by atoms with Crippen molar-refractivity contribution in [1.29, 1.82) is 0 Å². The molecule has 0 aliphatic carbocycles. The number of nitrogens with two attached hydrogens (primary N) is 1. The van der Waals surface area contributed by atoms with Crippen molar-refractivity contribution in [3.05, 3.63) is 35.1 Å². The Bertz CT molecular complexity index is 309. The van der Waals surface area contributed by atoms with Gasteiger partial charge in [0, 0.05) is 6.04 Å². The minimum atomic E-state index is -0.166. The largest absolute Gasteiger partial charge is 0.324 e. The van der Waals surface area contributed by atoms with Crippen LogP contribution in [0.15, 0.2) is 18.2 Å². The van der Waals surface area contributed by atoms with Crippen molar-refractivity contribution in [2.75, 3.05) is 0 Å². The molecule has 0 fully saturated rings. The lowest BCUT2D eigenvalue weighted by Gasteiger charge is -2.18. The fourth-order valence-corrected chi connectivity index (χ4v) is 1.40. The maximum absolute atomic E-state index is 13.3. The molecule has 2 N–H and O–H groups in total. The van der Waals surface area contributed by atoms with Crippen molar-refractivity contribution in [3.63, 3.8) is 0 Å². The van der Waals surface area contributed by atoms with Gasteiger partial charge in [0.1, 0.15) is 5.82 Å². The van der Waals surface area contributed by atoms with Crippen LogP contribution in [0.3, 0.4) is 0 Å². The van der Waals surface area contributed by atoms with Gasteiger partial charge in [-0.1, -0.05) is 32.4 Å². The van der Waals surface area contributed by atoms with Gasteiger partial charge in [-0.25, -0.2) is 4.39 Å². The molecule has 0 aliphatic rings. The highest BCUT2D eigenvalue weighted by molar-refractivity contribution is 5.25. The second-order valence-corrected chi connectivity index (χ2v) is 3.92. The Kier molecular flexibility index (Phi) is 3.64. The zero-order chi connectivity index (χ0) is 10.7. The Labute approximate surface area is 85.1 Å². The highest BCUT2D eigenvalue weighted by Gasteiger charge is 2.13. The Morgan fingerprint density at radius 3 is 2.57 bits per heavy atom. The maximum atomic E-state index is 13.3. The second kappa shape index (κ2) is 4.56. The number of halogens is 1. The van der Waals surface area contributed by atoms with Gasteiger partial charge in [-0.15, -0.1) is 0 Å². The van der Waals surface area contributed by atoms with Gasteiger partial charge in [-0.2, -0.15) is 0 Å². The van der Waals surface area contributed by atoms with E-state index in [-0.39, 0.29) is 11.9 Å². The lowest BCUT2D eigenvalue weighted by atomic mass is 9.93. The molecule has 1 unspecified atom stereocenters. The van der Waals surface area contributed by atoms with Gasteiger partial charge in [0.25, 0.3) is 0 Å². The Morgan fingerprint density at radius 1 is 1.43 bits per heavy atom. The number of aryl methyl sites for hydroxylation is 1. The average Bonchev–Trinajstić information content (AvgIpc) is 2.20. The first-order valence-corrected chi connectivity index (χ1v) is 5.08. The summed E-state index contributed by atoms with van der Waals surface area (Å²) in [5.41, 5.74) is 7.56. The van der Waals surface area contributed by atoms with Gasteiger partial charge in [0.15, 0.2) is 0 Å². The number of benzene rings is 1. The molecule has 0 radical (unpaired) electrons. The molecule has 1 nitrogen and oxygen atoms in total. The maximum Gasteiger partial charge on any atom is 0.126 e. The molecule has 0 saturated heterocycles. The fraction of sp³-hybridized carbons (Fsp3) is 0.500. The zero-order valence-corrected chi connectivity index (χ0v) is 9.05. The molecule has 1 aromatic carbocycles. The van der Waals surface area contributed by atoms with E-state index in [4.69, 9.17) is 5.73 Å². The quantitative estimate of drug-likeness (QED) is 0.787. The first-order chi connectivity index (χ1) is 6.56. The molecule has 14 heavy (non-hydrogen) atoms. The van der Waals surface area contributed by atoms with Crippen LogP contribution in [0.1, 0.15) is 37.4 Å². The summed E-state index contributed by atoms with van der Waals surface area (Å²) < 4.78 is 13.3. The third kappa shape index (κ3) is 2.32. The van der Waals surface area contributed by atoms with Gasteiger partial charge < -0.3 is 5.73 Å².